The molecule has 1 aliphatic heterocycles. The molecule has 2 heterocycles. The molecule has 0 aliphatic carbocycles. The van der Waals surface area contributed by atoms with Crippen LogP contribution in [-0.2, 0) is 24.2 Å². The molecule has 1 aliphatic rings. The summed E-state index contributed by atoms with van der Waals surface area (Å²) in [5.74, 6) is -2.38. The number of nitrogens with zero attached hydrogens (tertiary/aromatic N) is 1. The number of benzene rings is 1. The van der Waals surface area contributed by atoms with Gasteiger partial charge in [-0.05, 0) is 18.2 Å². The van der Waals surface area contributed by atoms with Gasteiger partial charge in [0.15, 0.2) is 11.4 Å². The Balaban J connectivity index is 1.95. The fourth-order valence-corrected chi connectivity index (χ4v) is 4.10. The van der Waals surface area contributed by atoms with Crippen LogP contribution >= 0.6 is 0 Å². The second kappa shape index (κ2) is 7.85. The minimum Gasteiger partial charge on any atom is -0.487 e. The summed E-state index contributed by atoms with van der Waals surface area (Å²) < 4.78 is 74.4. The van der Waals surface area contributed by atoms with Crippen molar-refractivity contribution in [1.29, 1.82) is 0 Å². The van der Waals surface area contributed by atoms with Gasteiger partial charge in [-0.15, -0.1) is 6.58 Å². The quantitative estimate of drug-likeness (QED) is 0.496. The maximum Gasteiger partial charge on any atom is 0.419 e. The highest BCUT2D eigenvalue weighted by atomic mass is 32.2. The molecular weight excluding hydrogens is 430 g/mol. The van der Waals surface area contributed by atoms with E-state index in [4.69, 9.17) is 4.74 Å². The Labute approximate surface area is 170 Å². The number of aliphatic hydroxyl groups is 1. The lowest BCUT2D eigenvalue weighted by Gasteiger charge is -2.25. The van der Waals surface area contributed by atoms with Crippen molar-refractivity contribution in [3.63, 3.8) is 0 Å². The predicted octanol–water partition coefficient (Wildman–Crippen LogP) is 2.36. The number of carbonyl (C=O) groups is 1. The molecule has 162 valence electrons. The van der Waals surface area contributed by atoms with Gasteiger partial charge >= 0.3 is 6.18 Å². The molecule has 2 aromatic rings. The van der Waals surface area contributed by atoms with Crippen molar-refractivity contribution < 1.29 is 36.4 Å². The van der Waals surface area contributed by atoms with Crippen molar-refractivity contribution in [2.75, 3.05) is 18.5 Å². The van der Waals surface area contributed by atoms with E-state index in [2.05, 4.69) is 16.6 Å². The van der Waals surface area contributed by atoms with Crippen molar-refractivity contribution in [3.05, 3.63) is 54.1 Å². The van der Waals surface area contributed by atoms with Crippen LogP contribution in [0.25, 0.3) is 0 Å². The fraction of sp³-hybridized carbons (Fsp3) is 0.278. The minimum atomic E-state index is -4.93. The highest BCUT2D eigenvalue weighted by Gasteiger charge is 2.37. The molecule has 1 aromatic heterocycles. The van der Waals surface area contributed by atoms with Gasteiger partial charge in [0.2, 0.25) is 0 Å². The number of hydrogen-bond donors (Lipinski definition) is 3. The molecule has 1 aromatic carbocycles. The molecule has 30 heavy (non-hydrogen) atoms. The number of hydrogen-bond acceptors (Lipinski definition) is 4. The van der Waals surface area contributed by atoms with Gasteiger partial charge in [0, 0.05) is 18.9 Å². The summed E-state index contributed by atoms with van der Waals surface area (Å²) in [6, 6.07) is 2.06. The van der Waals surface area contributed by atoms with Gasteiger partial charge in [0.1, 0.15) is 33.8 Å². The minimum absolute atomic E-state index is 0.0591. The van der Waals surface area contributed by atoms with E-state index in [0.717, 1.165) is 6.07 Å². The summed E-state index contributed by atoms with van der Waals surface area (Å²) in [7, 11) is -0.417. The zero-order valence-electron chi connectivity index (χ0n) is 15.5. The highest BCUT2D eigenvalue weighted by molar-refractivity contribution is 7.83. The molecule has 1 amide bonds. The molecule has 0 saturated heterocycles. The van der Waals surface area contributed by atoms with Gasteiger partial charge in [0.25, 0.3) is 5.91 Å². The standard InChI is InChI=1S/C18H17F4N3O4S/c1-3-17(8-26)9-29-15-13(30(28)24-17)7-25(2)14(15)16(27)23-10-4-5-12(19)11(6-10)18(20,21)22/h3-7,24,26H,1,8-9H2,2H3,(H,23,27). The lowest BCUT2D eigenvalue weighted by molar-refractivity contribution is -0.139. The number of halogens is 4. The third-order valence-corrected chi connectivity index (χ3v) is 5.77. The number of rotatable bonds is 4. The van der Waals surface area contributed by atoms with Crippen LogP contribution in [0, 0.1) is 5.82 Å². The van der Waals surface area contributed by atoms with Crippen molar-refractivity contribution in [2.45, 2.75) is 16.6 Å². The topological polar surface area (TPSA) is 92.6 Å². The molecule has 0 radical (unpaired) electrons. The smallest absolute Gasteiger partial charge is 0.419 e. The normalized spacial score (nSPS) is 21.3. The Hall–Kier alpha value is -2.70. The lowest BCUT2D eigenvalue weighted by Crippen LogP contribution is -2.50. The highest BCUT2D eigenvalue weighted by Crippen LogP contribution is 2.35. The van der Waals surface area contributed by atoms with E-state index in [9.17, 15) is 31.7 Å². The maximum absolute atomic E-state index is 13.5. The van der Waals surface area contributed by atoms with E-state index < -0.39 is 46.6 Å². The molecule has 2 atom stereocenters. The summed E-state index contributed by atoms with van der Waals surface area (Å²) in [5, 5.41) is 11.9. The zero-order chi connectivity index (χ0) is 22.3. The van der Waals surface area contributed by atoms with Crippen molar-refractivity contribution in [3.8, 4) is 5.75 Å². The second-order valence-corrected chi connectivity index (χ2v) is 7.79. The van der Waals surface area contributed by atoms with Gasteiger partial charge in [-0.1, -0.05) is 6.08 Å². The number of aliphatic hydroxyl groups excluding tert-OH is 1. The van der Waals surface area contributed by atoms with Crippen LogP contribution in [0.1, 0.15) is 16.1 Å². The first-order valence-electron chi connectivity index (χ1n) is 8.45. The third-order valence-electron chi connectivity index (χ3n) is 4.49. The molecule has 7 nitrogen and oxygen atoms in total. The zero-order valence-corrected chi connectivity index (χ0v) is 16.4. The second-order valence-electron chi connectivity index (χ2n) is 6.61. The first-order valence-corrected chi connectivity index (χ1v) is 9.60. The van der Waals surface area contributed by atoms with Gasteiger partial charge in [-0.2, -0.15) is 13.2 Å². The van der Waals surface area contributed by atoms with Crippen LogP contribution in [-0.4, -0.2) is 38.5 Å². The predicted molar refractivity (Wildman–Crippen MR) is 99.8 cm³/mol. The van der Waals surface area contributed by atoms with E-state index in [1.54, 1.807) is 0 Å². The van der Waals surface area contributed by atoms with Gasteiger partial charge < -0.3 is 19.7 Å². The fourth-order valence-electron chi connectivity index (χ4n) is 2.83. The first-order chi connectivity index (χ1) is 14.0. The molecule has 0 spiro atoms. The molecule has 0 saturated carbocycles. The average Bonchev–Trinajstić information content (AvgIpc) is 2.95. The Bertz CT molecular complexity index is 1040. The molecule has 12 heteroatoms. The van der Waals surface area contributed by atoms with Gasteiger partial charge in [-0.3, -0.25) is 4.79 Å². The number of aryl methyl sites for hydroxylation is 1. The summed E-state index contributed by atoms with van der Waals surface area (Å²) in [5.41, 5.74) is -3.14. The van der Waals surface area contributed by atoms with Crippen LogP contribution in [0.3, 0.4) is 0 Å². The van der Waals surface area contributed by atoms with Crippen LogP contribution in [0.15, 0.2) is 41.9 Å². The van der Waals surface area contributed by atoms with Crippen LogP contribution < -0.4 is 14.8 Å². The average molecular weight is 447 g/mol. The Morgan fingerprint density at radius 2 is 2.20 bits per heavy atom. The lowest BCUT2D eigenvalue weighted by atomic mass is 10.0. The summed E-state index contributed by atoms with van der Waals surface area (Å²) in [6.07, 6.45) is -2.25. The Kier molecular flexibility index (Phi) is 5.76. The van der Waals surface area contributed by atoms with Crippen molar-refractivity contribution in [2.24, 2.45) is 7.05 Å². The van der Waals surface area contributed by atoms with E-state index in [-0.39, 0.29) is 28.6 Å². The van der Waals surface area contributed by atoms with E-state index in [1.807, 2.05) is 0 Å². The largest absolute Gasteiger partial charge is 0.487 e. The van der Waals surface area contributed by atoms with Gasteiger partial charge in [-0.25, -0.2) is 13.3 Å². The van der Waals surface area contributed by atoms with Crippen LogP contribution in [0.4, 0.5) is 23.2 Å². The monoisotopic (exact) mass is 447 g/mol. The Morgan fingerprint density at radius 1 is 1.50 bits per heavy atom. The number of amides is 1. The molecule has 0 fully saturated rings. The van der Waals surface area contributed by atoms with E-state index in [0.29, 0.717) is 12.1 Å². The number of nitrogens with one attached hydrogen (secondary N) is 2. The van der Waals surface area contributed by atoms with Crippen molar-refractivity contribution in [1.82, 2.24) is 9.29 Å². The molecule has 3 N–H and O–H groups in total. The first kappa shape index (κ1) is 22.0. The SMILES string of the molecule is C=CC1(CO)COc2c(cn(C)c2C(=O)Nc2ccc(F)c(C(F)(F)F)c2)S(=O)N1. The van der Waals surface area contributed by atoms with Crippen molar-refractivity contribution >= 4 is 22.6 Å². The molecule has 2 unspecified atom stereocenters. The summed E-state index contributed by atoms with van der Waals surface area (Å²) >= 11 is 0. The molecule has 3 rings (SSSR count). The molecular formula is C18H17F4N3O4S. The number of fused-ring (bicyclic) bond motifs is 1. The number of anilines is 1. The maximum atomic E-state index is 13.5. The van der Waals surface area contributed by atoms with Crippen LogP contribution in [0.2, 0.25) is 0 Å². The van der Waals surface area contributed by atoms with Crippen LogP contribution in [0.5, 0.6) is 5.75 Å². The number of alkyl halides is 3. The number of aromatic nitrogens is 1. The molecule has 0 bridgehead atoms. The number of carbonyl (C=O) groups excluding carboxylic acids is 1. The summed E-state index contributed by atoms with van der Waals surface area (Å²) in [6.45, 7) is 2.89. The Morgan fingerprint density at radius 3 is 2.80 bits per heavy atom. The van der Waals surface area contributed by atoms with Gasteiger partial charge in [0.05, 0.1) is 12.2 Å². The number of ether oxygens (including phenoxy) is 1. The summed E-state index contributed by atoms with van der Waals surface area (Å²) in [4.78, 5) is 12.9. The van der Waals surface area contributed by atoms with E-state index in [1.165, 1.54) is 23.9 Å². The van der Waals surface area contributed by atoms with E-state index >= 15 is 0 Å². The third kappa shape index (κ3) is 3.98.